The summed E-state index contributed by atoms with van der Waals surface area (Å²) in [6.45, 7) is 3.34. The normalized spacial score (nSPS) is 10.6. The van der Waals surface area contributed by atoms with E-state index in [4.69, 9.17) is 14.9 Å². The van der Waals surface area contributed by atoms with Crippen molar-refractivity contribution in [2.75, 3.05) is 12.8 Å². The van der Waals surface area contributed by atoms with Crippen molar-refractivity contribution in [2.45, 2.75) is 20.0 Å². The van der Waals surface area contributed by atoms with E-state index in [0.717, 1.165) is 22.8 Å². The number of hydrogen-bond acceptors (Lipinski definition) is 4. The molecule has 0 saturated carbocycles. The molecular formula is C14H18N2O2. The highest BCUT2D eigenvalue weighted by atomic mass is 16.5. The number of furan rings is 1. The lowest BCUT2D eigenvalue weighted by molar-refractivity contribution is 0.406. The number of nitrogen functional groups attached to an aromatic ring is 1. The Morgan fingerprint density at radius 3 is 2.72 bits per heavy atom. The number of methoxy groups -OCH3 is 1. The van der Waals surface area contributed by atoms with Gasteiger partial charge in [-0.15, -0.1) is 0 Å². The summed E-state index contributed by atoms with van der Waals surface area (Å²) in [6.07, 6.45) is 0. The third-order valence-electron chi connectivity index (χ3n) is 2.72. The SMILES string of the molecule is COc1cc(N)ccc1CNCc1ccc(C)o1. The lowest BCUT2D eigenvalue weighted by Gasteiger charge is -2.09. The van der Waals surface area contributed by atoms with Gasteiger partial charge in [0.15, 0.2) is 0 Å². The number of ether oxygens (including phenoxy) is 1. The molecule has 1 aromatic heterocycles. The van der Waals surface area contributed by atoms with Crippen LogP contribution < -0.4 is 15.8 Å². The van der Waals surface area contributed by atoms with Crippen molar-refractivity contribution in [1.82, 2.24) is 5.32 Å². The van der Waals surface area contributed by atoms with Crippen LogP contribution in [-0.4, -0.2) is 7.11 Å². The molecule has 0 saturated heterocycles. The zero-order chi connectivity index (χ0) is 13.0. The topological polar surface area (TPSA) is 60.4 Å². The number of nitrogens with two attached hydrogens (primary N) is 1. The summed E-state index contributed by atoms with van der Waals surface area (Å²) in [6, 6.07) is 9.60. The van der Waals surface area contributed by atoms with Crippen LogP contribution in [0.15, 0.2) is 34.7 Å². The summed E-state index contributed by atoms with van der Waals surface area (Å²) >= 11 is 0. The number of benzene rings is 1. The minimum absolute atomic E-state index is 0.696. The number of anilines is 1. The Bertz CT molecular complexity index is 520. The number of rotatable bonds is 5. The van der Waals surface area contributed by atoms with Gasteiger partial charge in [-0.25, -0.2) is 0 Å². The lowest BCUT2D eigenvalue weighted by Crippen LogP contribution is -2.13. The van der Waals surface area contributed by atoms with Crippen LogP contribution >= 0.6 is 0 Å². The third-order valence-corrected chi connectivity index (χ3v) is 2.72. The van der Waals surface area contributed by atoms with Crippen molar-refractivity contribution in [3.05, 3.63) is 47.4 Å². The smallest absolute Gasteiger partial charge is 0.125 e. The van der Waals surface area contributed by atoms with Crippen LogP contribution in [0.3, 0.4) is 0 Å². The maximum absolute atomic E-state index is 5.71. The zero-order valence-corrected chi connectivity index (χ0v) is 10.7. The van der Waals surface area contributed by atoms with Gasteiger partial charge >= 0.3 is 0 Å². The molecule has 4 nitrogen and oxygen atoms in total. The summed E-state index contributed by atoms with van der Waals surface area (Å²) < 4.78 is 10.8. The first kappa shape index (κ1) is 12.5. The molecule has 0 aliphatic heterocycles. The van der Waals surface area contributed by atoms with Crippen LogP contribution in [0, 0.1) is 6.92 Å². The molecule has 2 rings (SSSR count). The van der Waals surface area contributed by atoms with Gasteiger partial charge in [-0.3, -0.25) is 0 Å². The fourth-order valence-corrected chi connectivity index (χ4v) is 1.81. The molecular weight excluding hydrogens is 228 g/mol. The molecule has 4 heteroatoms. The predicted octanol–water partition coefficient (Wildman–Crippen LogP) is 2.47. The zero-order valence-electron chi connectivity index (χ0n) is 10.7. The van der Waals surface area contributed by atoms with Crippen LogP contribution in [0.25, 0.3) is 0 Å². The first-order chi connectivity index (χ1) is 8.69. The van der Waals surface area contributed by atoms with Crippen LogP contribution in [0.2, 0.25) is 0 Å². The molecule has 0 fully saturated rings. The Morgan fingerprint density at radius 2 is 2.06 bits per heavy atom. The van der Waals surface area contributed by atoms with E-state index in [0.29, 0.717) is 18.8 Å². The Balaban J connectivity index is 1.94. The van der Waals surface area contributed by atoms with E-state index in [-0.39, 0.29) is 0 Å². The van der Waals surface area contributed by atoms with E-state index in [2.05, 4.69) is 5.32 Å². The van der Waals surface area contributed by atoms with Gasteiger partial charge in [0.05, 0.1) is 13.7 Å². The Kier molecular flexibility index (Phi) is 3.89. The average Bonchev–Trinajstić information content (AvgIpc) is 2.77. The lowest BCUT2D eigenvalue weighted by atomic mass is 10.2. The maximum Gasteiger partial charge on any atom is 0.125 e. The van der Waals surface area contributed by atoms with Gasteiger partial charge in [-0.2, -0.15) is 0 Å². The van der Waals surface area contributed by atoms with Gasteiger partial charge in [0, 0.05) is 23.9 Å². The monoisotopic (exact) mass is 246 g/mol. The number of aryl methyl sites for hydroxylation is 1. The molecule has 0 amide bonds. The van der Waals surface area contributed by atoms with Crippen molar-refractivity contribution >= 4 is 5.69 Å². The number of hydrogen-bond donors (Lipinski definition) is 2. The van der Waals surface area contributed by atoms with Gasteiger partial charge in [0.25, 0.3) is 0 Å². The van der Waals surface area contributed by atoms with Crippen molar-refractivity contribution in [3.63, 3.8) is 0 Å². The van der Waals surface area contributed by atoms with E-state index in [1.807, 2.05) is 37.3 Å². The molecule has 96 valence electrons. The molecule has 18 heavy (non-hydrogen) atoms. The second kappa shape index (κ2) is 5.60. The first-order valence-corrected chi connectivity index (χ1v) is 5.87. The molecule has 1 heterocycles. The molecule has 1 aromatic carbocycles. The highest BCUT2D eigenvalue weighted by Crippen LogP contribution is 2.21. The van der Waals surface area contributed by atoms with Crippen molar-refractivity contribution in [1.29, 1.82) is 0 Å². The minimum Gasteiger partial charge on any atom is -0.496 e. The van der Waals surface area contributed by atoms with Crippen molar-refractivity contribution in [3.8, 4) is 5.75 Å². The van der Waals surface area contributed by atoms with Gasteiger partial charge in [-0.05, 0) is 25.1 Å². The molecule has 0 radical (unpaired) electrons. The molecule has 0 bridgehead atoms. The second-order valence-corrected chi connectivity index (χ2v) is 4.19. The van der Waals surface area contributed by atoms with E-state index < -0.39 is 0 Å². The highest BCUT2D eigenvalue weighted by molar-refractivity contribution is 5.48. The summed E-state index contributed by atoms with van der Waals surface area (Å²) in [5.74, 6) is 2.66. The van der Waals surface area contributed by atoms with E-state index in [1.165, 1.54) is 0 Å². The molecule has 3 N–H and O–H groups in total. The Hall–Kier alpha value is -1.94. The average molecular weight is 246 g/mol. The predicted molar refractivity (Wildman–Crippen MR) is 71.4 cm³/mol. The van der Waals surface area contributed by atoms with Crippen LogP contribution in [0.4, 0.5) is 5.69 Å². The van der Waals surface area contributed by atoms with Crippen molar-refractivity contribution in [2.24, 2.45) is 0 Å². The first-order valence-electron chi connectivity index (χ1n) is 5.87. The molecule has 0 aliphatic rings. The Morgan fingerprint density at radius 1 is 1.22 bits per heavy atom. The number of nitrogens with one attached hydrogen (secondary N) is 1. The van der Waals surface area contributed by atoms with E-state index >= 15 is 0 Å². The quantitative estimate of drug-likeness (QED) is 0.796. The van der Waals surface area contributed by atoms with Gasteiger partial charge in [0.1, 0.15) is 17.3 Å². The van der Waals surface area contributed by atoms with Gasteiger partial charge in [-0.1, -0.05) is 6.07 Å². The second-order valence-electron chi connectivity index (χ2n) is 4.19. The van der Waals surface area contributed by atoms with Crippen molar-refractivity contribution < 1.29 is 9.15 Å². The van der Waals surface area contributed by atoms with Gasteiger partial charge in [0.2, 0.25) is 0 Å². The molecule has 0 unspecified atom stereocenters. The Labute approximate surface area is 107 Å². The fraction of sp³-hybridized carbons (Fsp3) is 0.286. The molecule has 2 aromatic rings. The summed E-state index contributed by atoms with van der Waals surface area (Å²) in [5, 5.41) is 3.31. The summed E-state index contributed by atoms with van der Waals surface area (Å²) in [7, 11) is 1.65. The van der Waals surface area contributed by atoms with E-state index in [9.17, 15) is 0 Å². The molecule has 0 spiro atoms. The van der Waals surface area contributed by atoms with Crippen LogP contribution in [0.5, 0.6) is 5.75 Å². The highest BCUT2D eigenvalue weighted by Gasteiger charge is 2.04. The summed E-state index contributed by atoms with van der Waals surface area (Å²) in [5.41, 5.74) is 7.49. The van der Waals surface area contributed by atoms with Crippen LogP contribution in [0.1, 0.15) is 17.1 Å². The molecule has 0 aliphatic carbocycles. The summed E-state index contributed by atoms with van der Waals surface area (Å²) in [4.78, 5) is 0. The third kappa shape index (κ3) is 3.05. The van der Waals surface area contributed by atoms with Gasteiger partial charge < -0.3 is 20.2 Å². The standard InChI is InChI=1S/C14H18N2O2/c1-10-3-6-13(18-10)9-16-8-11-4-5-12(15)7-14(11)17-2/h3-7,16H,8-9,15H2,1-2H3. The van der Waals surface area contributed by atoms with E-state index in [1.54, 1.807) is 7.11 Å². The minimum atomic E-state index is 0.696. The van der Waals surface area contributed by atoms with Crippen LogP contribution in [-0.2, 0) is 13.1 Å². The molecule has 0 atom stereocenters. The maximum atomic E-state index is 5.71. The largest absolute Gasteiger partial charge is 0.496 e. The fourth-order valence-electron chi connectivity index (χ4n) is 1.81.